The molecule has 1 rings (SSSR count). The number of nitrogens with zero attached hydrogens (tertiary/aromatic N) is 2. The van der Waals surface area contributed by atoms with Gasteiger partial charge in [-0.25, -0.2) is 4.98 Å². The first-order valence-electron chi connectivity index (χ1n) is 6.61. The SMILES string of the molecule is CCCC(=O)NCc1nc(CN(CC)CC)cs1. The van der Waals surface area contributed by atoms with Gasteiger partial charge in [-0.1, -0.05) is 20.8 Å². The highest BCUT2D eigenvalue weighted by molar-refractivity contribution is 7.09. The zero-order valence-electron chi connectivity index (χ0n) is 11.5. The summed E-state index contributed by atoms with van der Waals surface area (Å²) in [6, 6.07) is 0. The second-order valence-corrected chi connectivity index (χ2v) is 5.16. The van der Waals surface area contributed by atoms with Gasteiger partial charge in [-0.05, 0) is 19.5 Å². The summed E-state index contributed by atoms with van der Waals surface area (Å²) in [5.74, 6) is 0.109. The van der Waals surface area contributed by atoms with Gasteiger partial charge in [0.15, 0.2) is 0 Å². The molecule has 1 aromatic heterocycles. The van der Waals surface area contributed by atoms with Crippen LogP contribution < -0.4 is 5.32 Å². The maximum atomic E-state index is 11.4. The van der Waals surface area contributed by atoms with Crippen molar-refractivity contribution < 1.29 is 4.79 Å². The third kappa shape index (κ3) is 5.14. The normalized spacial score (nSPS) is 10.9. The van der Waals surface area contributed by atoms with E-state index in [1.54, 1.807) is 11.3 Å². The van der Waals surface area contributed by atoms with Crippen molar-refractivity contribution in [2.45, 2.75) is 46.7 Å². The third-order valence-electron chi connectivity index (χ3n) is 2.79. The standard InChI is InChI=1S/C13H23N3OS/c1-4-7-12(17)14-8-13-15-11(10-18-13)9-16(5-2)6-3/h10H,4-9H2,1-3H3,(H,14,17). The first kappa shape index (κ1) is 15.1. The van der Waals surface area contributed by atoms with Crippen molar-refractivity contribution in [1.29, 1.82) is 0 Å². The van der Waals surface area contributed by atoms with Crippen LogP contribution in [0.2, 0.25) is 0 Å². The van der Waals surface area contributed by atoms with Crippen molar-refractivity contribution in [3.05, 3.63) is 16.1 Å². The topological polar surface area (TPSA) is 45.2 Å². The highest BCUT2D eigenvalue weighted by atomic mass is 32.1. The molecule has 1 amide bonds. The third-order valence-corrected chi connectivity index (χ3v) is 3.69. The van der Waals surface area contributed by atoms with Gasteiger partial charge < -0.3 is 5.32 Å². The van der Waals surface area contributed by atoms with Crippen LogP contribution in [0.1, 0.15) is 44.3 Å². The molecule has 0 aliphatic rings. The Hall–Kier alpha value is -0.940. The molecule has 1 aromatic rings. The van der Waals surface area contributed by atoms with Crippen LogP contribution in [-0.2, 0) is 17.9 Å². The Morgan fingerprint density at radius 1 is 1.39 bits per heavy atom. The number of amides is 1. The zero-order valence-corrected chi connectivity index (χ0v) is 12.3. The zero-order chi connectivity index (χ0) is 13.4. The molecule has 0 aromatic carbocycles. The quantitative estimate of drug-likeness (QED) is 0.788. The maximum Gasteiger partial charge on any atom is 0.220 e. The molecule has 0 atom stereocenters. The minimum atomic E-state index is 0.109. The summed E-state index contributed by atoms with van der Waals surface area (Å²) in [7, 11) is 0. The number of hydrogen-bond donors (Lipinski definition) is 1. The van der Waals surface area contributed by atoms with E-state index in [9.17, 15) is 4.79 Å². The Bertz CT molecular complexity index is 361. The molecule has 0 unspecified atom stereocenters. The Kier molecular flexibility index (Phi) is 6.90. The minimum absolute atomic E-state index is 0.109. The number of rotatable bonds is 8. The van der Waals surface area contributed by atoms with Crippen LogP contribution >= 0.6 is 11.3 Å². The summed E-state index contributed by atoms with van der Waals surface area (Å²) < 4.78 is 0. The van der Waals surface area contributed by atoms with Crippen molar-refractivity contribution >= 4 is 17.2 Å². The lowest BCUT2D eigenvalue weighted by Gasteiger charge is -2.15. The van der Waals surface area contributed by atoms with Crippen molar-refractivity contribution in [2.75, 3.05) is 13.1 Å². The van der Waals surface area contributed by atoms with Gasteiger partial charge in [0.05, 0.1) is 12.2 Å². The van der Waals surface area contributed by atoms with Gasteiger partial charge in [-0.3, -0.25) is 9.69 Å². The molecule has 0 bridgehead atoms. The molecular weight excluding hydrogens is 246 g/mol. The van der Waals surface area contributed by atoms with Crippen LogP contribution in [0.25, 0.3) is 0 Å². The van der Waals surface area contributed by atoms with Crippen LogP contribution in [0, 0.1) is 0 Å². The van der Waals surface area contributed by atoms with Crippen molar-refractivity contribution in [3.8, 4) is 0 Å². The largest absolute Gasteiger partial charge is 0.350 e. The maximum absolute atomic E-state index is 11.4. The van der Waals surface area contributed by atoms with E-state index in [4.69, 9.17) is 0 Å². The molecular formula is C13H23N3OS. The molecule has 0 saturated heterocycles. The van der Waals surface area contributed by atoms with Gasteiger partial charge in [0.2, 0.25) is 5.91 Å². The van der Waals surface area contributed by atoms with E-state index in [1.165, 1.54) is 0 Å². The fourth-order valence-corrected chi connectivity index (χ4v) is 2.39. The van der Waals surface area contributed by atoms with E-state index in [0.717, 1.165) is 36.8 Å². The second kappa shape index (κ2) is 8.21. The molecule has 0 aliphatic carbocycles. The van der Waals surface area contributed by atoms with E-state index in [-0.39, 0.29) is 5.91 Å². The average Bonchev–Trinajstić information content (AvgIpc) is 2.81. The molecule has 5 heteroatoms. The summed E-state index contributed by atoms with van der Waals surface area (Å²) in [5.41, 5.74) is 1.10. The first-order valence-corrected chi connectivity index (χ1v) is 7.49. The van der Waals surface area contributed by atoms with E-state index in [2.05, 4.69) is 34.4 Å². The summed E-state index contributed by atoms with van der Waals surface area (Å²) in [5, 5.41) is 5.96. The van der Waals surface area contributed by atoms with Crippen molar-refractivity contribution in [3.63, 3.8) is 0 Å². The van der Waals surface area contributed by atoms with Crippen LogP contribution in [0.3, 0.4) is 0 Å². The molecule has 102 valence electrons. The monoisotopic (exact) mass is 269 g/mol. The van der Waals surface area contributed by atoms with Gasteiger partial charge >= 0.3 is 0 Å². The predicted molar refractivity (Wildman–Crippen MR) is 75.5 cm³/mol. The molecule has 0 spiro atoms. The summed E-state index contributed by atoms with van der Waals surface area (Å²) in [6.07, 6.45) is 1.48. The van der Waals surface area contributed by atoms with Gasteiger partial charge in [0.25, 0.3) is 0 Å². The molecule has 1 N–H and O–H groups in total. The number of aromatic nitrogens is 1. The van der Waals surface area contributed by atoms with E-state index >= 15 is 0 Å². The highest BCUT2D eigenvalue weighted by Crippen LogP contribution is 2.11. The Balaban J connectivity index is 2.40. The van der Waals surface area contributed by atoms with Gasteiger partial charge in [-0.2, -0.15) is 0 Å². The number of hydrogen-bond acceptors (Lipinski definition) is 4. The van der Waals surface area contributed by atoms with Gasteiger partial charge in [0, 0.05) is 18.3 Å². The molecule has 0 radical (unpaired) electrons. The van der Waals surface area contributed by atoms with Crippen LogP contribution in [-0.4, -0.2) is 28.9 Å². The van der Waals surface area contributed by atoms with Gasteiger partial charge in [-0.15, -0.1) is 11.3 Å². The molecule has 18 heavy (non-hydrogen) atoms. The lowest BCUT2D eigenvalue weighted by molar-refractivity contribution is -0.121. The van der Waals surface area contributed by atoms with Crippen LogP contribution in [0.5, 0.6) is 0 Å². The van der Waals surface area contributed by atoms with Crippen LogP contribution in [0.4, 0.5) is 0 Å². The van der Waals surface area contributed by atoms with Gasteiger partial charge in [0.1, 0.15) is 5.01 Å². The summed E-state index contributed by atoms with van der Waals surface area (Å²) in [4.78, 5) is 18.2. The van der Waals surface area contributed by atoms with Crippen molar-refractivity contribution in [2.24, 2.45) is 0 Å². The van der Waals surface area contributed by atoms with E-state index in [1.807, 2.05) is 6.92 Å². The predicted octanol–water partition coefficient (Wildman–Crippen LogP) is 2.40. The first-order chi connectivity index (χ1) is 8.69. The average molecular weight is 269 g/mol. The Morgan fingerprint density at radius 2 is 2.11 bits per heavy atom. The Labute approximate surface area is 113 Å². The fraction of sp³-hybridized carbons (Fsp3) is 0.692. The second-order valence-electron chi connectivity index (χ2n) is 4.22. The fourth-order valence-electron chi connectivity index (χ4n) is 1.67. The number of carbonyl (C=O) groups is 1. The number of nitrogens with one attached hydrogen (secondary N) is 1. The van der Waals surface area contributed by atoms with E-state index < -0.39 is 0 Å². The summed E-state index contributed by atoms with van der Waals surface area (Å²) in [6.45, 7) is 9.84. The highest BCUT2D eigenvalue weighted by Gasteiger charge is 2.07. The van der Waals surface area contributed by atoms with E-state index in [0.29, 0.717) is 13.0 Å². The molecule has 1 heterocycles. The van der Waals surface area contributed by atoms with Crippen LogP contribution in [0.15, 0.2) is 5.38 Å². The minimum Gasteiger partial charge on any atom is -0.350 e. The molecule has 0 saturated carbocycles. The smallest absolute Gasteiger partial charge is 0.220 e. The van der Waals surface area contributed by atoms with Crippen molar-refractivity contribution in [1.82, 2.24) is 15.2 Å². The molecule has 0 aliphatic heterocycles. The Morgan fingerprint density at radius 3 is 2.72 bits per heavy atom. The lowest BCUT2D eigenvalue weighted by atomic mass is 10.3. The number of thiazole rings is 1. The summed E-state index contributed by atoms with van der Waals surface area (Å²) >= 11 is 1.62. The molecule has 0 fully saturated rings. The molecule has 4 nitrogen and oxygen atoms in total. The number of carbonyl (C=O) groups excluding carboxylic acids is 1. The lowest BCUT2D eigenvalue weighted by Crippen LogP contribution is -2.23.